The second-order valence-electron chi connectivity index (χ2n) is 4.81. The van der Waals surface area contributed by atoms with Gasteiger partial charge in [-0.2, -0.15) is 0 Å². The number of rotatable bonds is 3. The molecule has 1 heterocycles. The van der Waals surface area contributed by atoms with Crippen molar-refractivity contribution in [3.8, 4) is 5.75 Å². The van der Waals surface area contributed by atoms with Crippen LogP contribution < -0.4 is 4.74 Å². The zero-order chi connectivity index (χ0) is 12.3. The first-order chi connectivity index (χ1) is 8.24. The zero-order valence-electron chi connectivity index (χ0n) is 10.6. The molecule has 0 aliphatic carbocycles. The van der Waals surface area contributed by atoms with Gasteiger partial charge >= 0.3 is 0 Å². The second-order valence-corrected chi connectivity index (χ2v) is 4.81. The van der Waals surface area contributed by atoms with E-state index in [-0.39, 0.29) is 6.61 Å². The van der Waals surface area contributed by atoms with E-state index < -0.39 is 0 Å². The van der Waals surface area contributed by atoms with Gasteiger partial charge in [0.05, 0.1) is 13.7 Å². The fourth-order valence-corrected chi connectivity index (χ4v) is 2.56. The standard InChI is InChI=1S/C14H21NO2/c1-15-8-7-12(9-13(15)10-16)11-3-5-14(17-2)6-4-11/h3-6,12-13,16H,7-10H2,1-2H3. The van der Waals surface area contributed by atoms with Gasteiger partial charge in [0.15, 0.2) is 0 Å². The van der Waals surface area contributed by atoms with Gasteiger partial charge in [-0.05, 0) is 50.0 Å². The van der Waals surface area contributed by atoms with Gasteiger partial charge in [0.25, 0.3) is 0 Å². The largest absolute Gasteiger partial charge is 0.497 e. The van der Waals surface area contributed by atoms with Crippen LogP contribution in [0.5, 0.6) is 5.75 Å². The van der Waals surface area contributed by atoms with E-state index >= 15 is 0 Å². The van der Waals surface area contributed by atoms with Gasteiger partial charge in [0.1, 0.15) is 5.75 Å². The molecule has 0 aromatic heterocycles. The minimum Gasteiger partial charge on any atom is -0.497 e. The third kappa shape index (κ3) is 2.79. The Kier molecular flexibility index (Phi) is 4.02. The van der Waals surface area contributed by atoms with E-state index in [1.54, 1.807) is 7.11 Å². The van der Waals surface area contributed by atoms with Crippen molar-refractivity contribution in [1.82, 2.24) is 4.90 Å². The summed E-state index contributed by atoms with van der Waals surface area (Å²) in [6.45, 7) is 1.31. The lowest BCUT2D eigenvalue weighted by molar-refractivity contribution is 0.104. The monoisotopic (exact) mass is 235 g/mol. The maximum absolute atomic E-state index is 9.35. The highest BCUT2D eigenvalue weighted by atomic mass is 16.5. The van der Waals surface area contributed by atoms with Crippen LogP contribution in [0, 0.1) is 0 Å². The Balaban J connectivity index is 2.06. The average Bonchev–Trinajstić information content (AvgIpc) is 2.39. The van der Waals surface area contributed by atoms with Crippen LogP contribution in [0.3, 0.4) is 0 Å². The third-order valence-corrected chi connectivity index (χ3v) is 3.81. The van der Waals surface area contributed by atoms with E-state index in [0.29, 0.717) is 12.0 Å². The Bertz CT molecular complexity index is 350. The fraction of sp³-hybridized carbons (Fsp3) is 0.571. The van der Waals surface area contributed by atoms with Crippen LogP contribution in [0.4, 0.5) is 0 Å². The Morgan fingerprint density at radius 3 is 2.65 bits per heavy atom. The van der Waals surface area contributed by atoms with Gasteiger partial charge in [-0.25, -0.2) is 0 Å². The molecule has 2 rings (SSSR count). The summed E-state index contributed by atoms with van der Waals surface area (Å²) in [6.07, 6.45) is 2.21. The summed E-state index contributed by atoms with van der Waals surface area (Å²) >= 11 is 0. The Morgan fingerprint density at radius 1 is 1.35 bits per heavy atom. The van der Waals surface area contributed by atoms with Crippen molar-refractivity contribution in [2.75, 3.05) is 27.3 Å². The van der Waals surface area contributed by atoms with E-state index in [4.69, 9.17) is 4.74 Å². The summed E-state index contributed by atoms with van der Waals surface area (Å²) in [6, 6.07) is 8.62. The number of ether oxygens (including phenoxy) is 1. The molecule has 1 aliphatic heterocycles. The Morgan fingerprint density at radius 2 is 2.06 bits per heavy atom. The van der Waals surface area contributed by atoms with Crippen molar-refractivity contribution in [3.05, 3.63) is 29.8 Å². The lowest BCUT2D eigenvalue weighted by Gasteiger charge is -2.36. The third-order valence-electron chi connectivity index (χ3n) is 3.81. The summed E-state index contributed by atoms with van der Waals surface area (Å²) in [5, 5.41) is 9.35. The fourth-order valence-electron chi connectivity index (χ4n) is 2.56. The molecule has 0 radical (unpaired) electrons. The van der Waals surface area contributed by atoms with Gasteiger partial charge in [0.2, 0.25) is 0 Å². The Hall–Kier alpha value is -1.06. The number of likely N-dealkylation sites (N-methyl/N-ethyl adjacent to an activating group) is 1. The number of likely N-dealkylation sites (tertiary alicyclic amines) is 1. The molecule has 1 saturated heterocycles. The number of nitrogens with zero attached hydrogens (tertiary/aromatic N) is 1. The lowest BCUT2D eigenvalue weighted by atomic mass is 9.86. The number of aliphatic hydroxyl groups is 1. The van der Waals surface area contributed by atoms with E-state index in [1.165, 1.54) is 12.0 Å². The summed E-state index contributed by atoms with van der Waals surface area (Å²) in [5.41, 5.74) is 1.36. The van der Waals surface area contributed by atoms with Crippen molar-refractivity contribution >= 4 is 0 Å². The molecule has 2 atom stereocenters. The van der Waals surface area contributed by atoms with E-state index in [0.717, 1.165) is 18.7 Å². The number of piperidine rings is 1. The number of hydrogen-bond donors (Lipinski definition) is 1. The molecule has 1 aromatic carbocycles. The topological polar surface area (TPSA) is 32.7 Å². The van der Waals surface area contributed by atoms with Gasteiger partial charge in [-0.1, -0.05) is 12.1 Å². The highest BCUT2D eigenvalue weighted by molar-refractivity contribution is 5.29. The first-order valence-corrected chi connectivity index (χ1v) is 6.19. The van der Waals surface area contributed by atoms with Crippen LogP contribution in [0.1, 0.15) is 24.3 Å². The highest BCUT2D eigenvalue weighted by Gasteiger charge is 2.26. The molecule has 0 saturated carbocycles. The lowest BCUT2D eigenvalue weighted by Crippen LogP contribution is -2.41. The molecular weight excluding hydrogens is 214 g/mol. The van der Waals surface area contributed by atoms with Gasteiger partial charge in [-0.3, -0.25) is 0 Å². The van der Waals surface area contributed by atoms with Crippen LogP contribution in [0.15, 0.2) is 24.3 Å². The van der Waals surface area contributed by atoms with E-state index in [2.05, 4.69) is 24.1 Å². The molecule has 0 spiro atoms. The minimum atomic E-state index is 0.253. The van der Waals surface area contributed by atoms with Crippen molar-refractivity contribution in [1.29, 1.82) is 0 Å². The molecule has 2 unspecified atom stereocenters. The molecule has 3 heteroatoms. The van der Waals surface area contributed by atoms with E-state index in [9.17, 15) is 5.11 Å². The van der Waals surface area contributed by atoms with Crippen LogP contribution in [-0.4, -0.2) is 43.4 Å². The van der Waals surface area contributed by atoms with Crippen LogP contribution in [0.25, 0.3) is 0 Å². The van der Waals surface area contributed by atoms with Gasteiger partial charge in [0, 0.05) is 6.04 Å². The SMILES string of the molecule is COc1ccc(C2CCN(C)C(CO)C2)cc1. The molecule has 1 N–H and O–H groups in total. The molecule has 94 valence electrons. The second kappa shape index (κ2) is 5.52. The average molecular weight is 235 g/mol. The molecule has 17 heavy (non-hydrogen) atoms. The first kappa shape index (κ1) is 12.4. The number of hydrogen-bond acceptors (Lipinski definition) is 3. The van der Waals surface area contributed by atoms with Crippen molar-refractivity contribution < 1.29 is 9.84 Å². The predicted molar refractivity (Wildman–Crippen MR) is 68.5 cm³/mol. The van der Waals surface area contributed by atoms with Gasteiger partial charge in [-0.15, -0.1) is 0 Å². The molecule has 0 bridgehead atoms. The maximum Gasteiger partial charge on any atom is 0.118 e. The number of aliphatic hydroxyl groups excluding tert-OH is 1. The zero-order valence-corrected chi connectivity index (χ0v) is 10.6. The summed E-state index contributed by atoms with van der Waals surface area (Å²) in [7, 11) is 3.78. The van der Waals surface area contributed by atoms with Crippen LogP contribution in [0.2, 0.25) is 0 Å². The summed E-state index contributed by atoms with van der Waals surface area (Å²) < 4.78 is 5.17. The molecule has 1 aliphatic rings. The smallest absolute Gasteiger partial charge is 0.118 e. The van der Waals surface area contributed by atoms with Gasteiger partial charge < -0.3 is 14.7 Å². The van der Waals surface area contributed by atoms with E-state index in [1.807, 2.05) is 12.1 Å². The van der Waals surface area contributed by atoms with Crippen molar-refractivity contribution in [2.45, 2.75) is 24.8 Å². The number of benzene rings is 1. The van der Waals surface area contributed by atoms with Crippen LogP contribution >= 0.6 is 0 Å². The maximum atomic E-state index is 9.35. The predicted octanol–water partition coefficient (Wildman–Crippen LogP) is 1.87. The summed E-state index contributed by atoms with van der Waals surface area (Å²) in [5.74, 6) is 1.47. The molecular formula is C14H21NO2. The molecule has 1 fully saturated rings. The van der Waals surface area contributed by atoms with Crippen molar-refractivity contribution in [2.24, 2.45) is 0 Å². The minimum absolute atomic E-state index is 0.253. The molecule has 3 nitrogen and oxygen atoms in total. The first-order valence-electron chi connectivity index (χ1n) is 6.19. The Labute approximate surface area is 103 Å². The summed E-state index contributed by atoms with van der Waals surface area (Å²) in [4.78, 5) is 2.25. The number of methoxy groups -OCH3 is 1. The normalized spacial score (nSPS) is 25.8. The van der Waals surface area contributed by atoms with Crippen LogP contribution in [-0.2, 0) is 0 Å². The quantitative estimate of drug-likeness (QED) is 0.868. The molecule has 0 amide bonds. The highest BCUT2D eigenvalue weighted by Crippen LogP contribution is 2.31. The molecule has 1 aromatic rings. The van der Waals surface area contributed by atoms with Crippen molar-refractivity contribution in [3.63, 3.8) is 0 Å².